The number of carbonyl (C=O) groups is 1. The number of carbonyl (C=O) groups excluding carboxylic acids is 1. The minimum atomic E-state index is -4.42. The second kappa shape index (κ2) is 6.87. The van der Waals surface area contributed by atoms with Gasteiger partial charge in [0.2, 0.25) is 0 Å². The molecule has 132 valence electrons. The molecule has 3 rings (SSSR count). The first-order valence-corrected chi connectivity index (χ1v) is 7.43. The molecule has 3 aromatic rings. The second-order valence-corrected chi connectivity index (χ2v) is 5.30. The Morgan fingerprint density at radius 2 is 1.73 bits per heavy atom. The van der Waals surface area contributed by atoms with Crippen molar-refractivity contribution in [3.63, 3.8) is 0 Å². The summed E-state index contributed by atoms with van der Waals surface area (Å²) in [6, 6.07) is 11.9. The number of esters is 1. The van der Waals surface area contributed by atoms with Crippen LogP contribution in [0.4, 0.5) is 13.2 Å². The van der Waals surface area contributed by atoms with Crippen LogP contribution in [0.25, 0.3) is 17.0 Å². The third kappa shape index (κ3) is 4.00. The Morgan fingerprint density at radius 3 is 2.42 bits per heavy atom. The number of benzene rings is 2. The van der Waals surface area contributed by atoms with Gasteiger partial charge >= 0.3 is 17.8 Å². The number of ether oxygens (including phenoxy) is 1. The van der Waals surface area contributed by atoms with E-state index < -0.39 is 23.3 Å². The van der Waals surface area contributed by atoms with Crippen molar-refractivity contribution < 1.29 is 27.1 Å². The van der Waals surface area contributed by atoms with E-state index in [-0.39, 0.29) is 11.3 Å². The van der Waals surface area contributed by atoms with Gasteiger partial charge in [-0.05, 0) is 35.9 Å². The summed E-state index contributed by atoms with van der Waals surface area (Å²) in [6.07, 6.45) is -2.04. The van der Waals surface area contributed by atoms with Gasteiger partial charge in [-0.25, -0.2) is 9.59 Å². The summed E-state index contributed by atoms with van der Waals surface area (Å²) in [4.78, 5) is 23.5. The molecule has 26 heavy (non-hydrogen) atoms. The van der Waals surface area contributed by atoms with Gasteiger partial charge in [0.15, 0.2) is 0 Å². The molecule has 0 aliphatic carbocycles. The van der Waals surface area contributed by atoms with Crippen LogP contribution >= 0.6 is 0 Å². The number of halogens is 3. The molecule has 0 fully saturated rings. The predicted molar refractivity (Wildman–Crippen MR) is 88.6 cm³/mol. The Morgan fingerprint density at radius 1 is 1.04 bits per heavy atom. The van der Waals surface area contributed by atoms with Gasteiger partial charge in [-0.3, -0.25) is 0 Å². The van der Waals surface area contributed by atoms with Gasteiger partial charge in [-0.15, -0.1) is 0 Å². The molecule has 0 saturated heterocycles. The highest BCUT2D eigenvalue weighted by atomic mass is 19.4. The average molecular weight is 360 g/mol. The predicted octanol–water partition coefficient (Wildman–Crippen LogP) is 4.43. The Labute approximate surface area is 145 Å². The second-order valence-electron chi connectivity index (χ2n) is 5.30. The van der Waals surface area contributed by atoms with Crippen LogP contribution in [-0.4, -0.2) is 5.97 Å². The number of alkyl halides is 3. The SMILES string of the molecule is O=C(/C=C/c1ccc(C(F)(F)F)cc1)Oc1cc(=O)oc2ccccc12. The Kier molecular flexibility index (Phi) is 4.62. The van der Waals surface area contributed by atoms with Crippen LogP contribution in [0.15, 0.2) is 69.9 Å². The van der Waals surface area contributed by atoms with E-state index in [2.05, 4.69) is 0 Å². The zero-order valence-corrected chi connectivity index (χ0v) is 13.1. The fourth-order valence-electron chi connectivity index (χ4n) is 2.26. The first kappa shape index (κ1) is 17.5. The molecule has 0 spiro atoms. The third-order valence-electron chi connectivity index (χ3n) is 3.47. The van der Waals surface area contributed by atoms with E-state index in [4.69, 9.17) is 9.15 Å². The van der Waals surface area contributed by atoms with Crippen LogP contribution in [0.3, 0.4) is 0 Å². The molecule has 0 unspecified atom stereocenters. The van der Waals surface area contributed by atoms with Crippen molar-refractivity contribution in [1.82, 2.24) is 0 Å². The normalized spacial score (nSPS) is 11.8. The number of para-hydroxylation sites is 1. The lowest BCUT2D eigenvalue weighted by atomic mass is 10.1. The summed E-state index contributed by atoms with van der Waals surface area (Å²) in [5, 5.41) is 0.448. The molecule has 0 saturated carbocycles. The number of hydrogen-bond donors (Lipinski definition) is 0. The van der Waals surface area contributed by atoms with Gasteiger partial charge in [0.1, 0.15) is 11.3 Å². The maximum Gasteiger partial charge on any atom is 0.416 e. The number of fused-ring (bicyclic) bond motifs is 1. The fourth-order valence-corrected chi connectivity index (χ4v) is 2.26. The summed E-state index contributed by atoms with van der Waals surface area (Å²) >= 11 is 0. The minimum absolute atomic E-state index is 0.0407. The Bertz CT molecular complexity index is 1030. The van der Waals surface area contributed by atoms with Crippen LogP contribution in [0.5, 0.6) is 5.75 Å². The highest BCUT2D eigenvalue weighted by Gasteiger charge is 2.29. The van der Waals surface area contributed by atoms with Crippen molar-refractivity contribution in [2.24, 2.45) is 0 Å². The molecule has 0 aliphatic heterocycles. The van der Waals surface area contributed by atoms with Crippen molar-refractivity contribution in [2.75, 3.05) is 0 Å². The van der Waals surface area contributed by atoms with Crippen LogP contribution in [0.1, 0.15) is 11.1 Å². The van der Waals surface area contributed by atoms with E-state index in [1.54, 1.807) is 24.3 Å². The molecule has 4 nitrogen and oxygen atoms in total. The van der Waals surface area contributed by atoms with E-state index in [0.29, 0.717) is 10.9 Å². The molecule has 0 atom stereocenters. The molecule has 0 aliphatic rings. The van der Waals surface area contributed by atoms with E-state index in [1.165, 1.54) is 18.2 Å². The van der Waals surface area contributed by atoms with Gasteiger partial charge in [0.25, 0.3) is 0 Å². The van der Waals surface area contributed by atoms with Gasteiger partial charge in [0.05, 0.1) is 17.0 Å². The zero-order chi connectivity index (χ0) is 18.7. The molecular weight excluding hydrogens is 349 g/mol. The lowest BCUT2D eigenvalue weighted by Gasteiger charge is -2.06. The lowest BCUT2D eigenvalue weighted by molar-refractivity contribution is -0.137. The lowest BCUT2D eigenvalue weighted by Crippen LogP contribution is -2.07. The minimum Gasteiger partial charge on any atom is -0.422 e. The Balaban J connectivity index is 1.77. The summed E-state index contributed by atoms with van der Waals surface area (Å²) < 4.78 is 47.7. The van der Waals surface area contributed by atoms with Crippen LogP contribution in [0.2, 0.25) is 0 Å². The van der Waals surface area contributed by atoms with Crippen molar-refractivity contribution in [2.45, 2.75) is 6.18 Å². The summed E-state index contributed by atoms with van der Waals surface area (Å²) in [5.41, 5.74) is -0.778. The third-order valence-corrected chi connectivity index (χ3v) is 3.47. The van der Waals surface area contributed by atoms with E-state index >= 15 is 0 Å². The molecule has 0 radical (unpaired) electrons. The number of hydrogen-bond acceptors (Lipinski definition) is 4. The maximum absolute atomic E-state index is 12.5. The highest BCUT2D eigenvalue weighted by molar-refractivity contribution is 5.92. The summed E-state index contributed by atoms with van der Waals surface area (Å²) in [7, 11) is 0. The van der Waals surface area contributed by atoms with Crippen molar-refractivity contribution in [3.05, 3.63) is 82.2 Å². The van der Waals surface area contributed by atoms with E-state index in [0.717, 1.165) is 24.3 Å². The zero-order valence-electron chi connectivity index (χ0n) is 13.1. The van der Waals surface area contributed by atoms with Crippen molar-refractivity contribution >= 4 is 23.0 Å². The molecule has 7 heteroatoms. The smallest absolute Gasteiger partial charge is 0.416 e. The molecule has 1 heterocycles. The average Bonchev–Trinajstić information content (AvgIpc) is 2.59. The standard InChI is InChI=1S/C19H11F3O4/c20-19(21,22)13-8-5-12(6-9-13)7-10-17(23)26-16-11-18(24)25-15-4-2-1-3-14(15)16/h1-11H/b10-7+. The molecule has 0 N–H and O–H groups in total. The molecule has 0 bridgehead atoms. The first-order valence-electron chi connectivity index (χ1n) is 7.43. The molecular formula is C19H11F3O4. The van der Waals surface area contributed by atoms with Crippen LogP contribution in [-0.2, 0) is 11.0 Å². The van der Waals surface area contributed by atoms with Crippen molar-refractivity contribution in [3.8, 4) is 5.75 Å². The largest absolute Gasteiger partial charge is 0.422 e. The van der Waals surface area contributed by atoms with Gasteiger partial charge in [-0.2, -0.15) is 13.2 Å². The Hall–Kier alpha value is -3.35. The number of rotatable bonds is 3. The molecule has 0 amide bonds. The van der Waals surface area contributed by atoms with Crippen LogP contribution < -0.4 is 10.4 Å². The van der Waals surface area contributed by atoms with Crippen LogP contribution in [0, 0.1) is 0 Å². The molecule has 2 aromatic carbocycles. The van der Waals surface area contributed by atoms with E-state index in [9.17, 15) is 22.8 Å². The topological polar surface area (TPSA) is 56.5 Å². The maximum atomic E-state index is 12.5. The van der Waals surface area contributed by atoms with Gasteiger partial charge in [0, 0.05) is 6.08 Å². The summed E-state index contributed by atoms with van der Waals surface area (Å²) in [5.74, 6) is -0.737. The fraction of sp³-hybridized carbons (Fsp3) is 0.0526. The summed E-state index contributed by atoms with van der Waals surface area (Å²) in [6.45, 7) is 0. The molecule has 1 aromatic heterocycles. The van der Waals surface area contributed by atoms with Gasteiger partial charge < -0.3 is 9.15 Å². The van der Waals surface area contributed by atoms with E-state index in [1.807, 2.05) is 0 Å². The van der Waals surface area contributed by atoms with Gasteiger partial charge in [-0.1, -0.05) is 24.3 Å². The quantitative estimate of drug-likeness (QED) is 0.394. The highest BCUT2D eigenvalue weighted by Crippen LogP contribution is 2.29. The first-order chi connectivity index (χ1) is 12.3. The van der Waals surface area contributed by atoms with Crippen molar-refractivity contribution in [1.29, 1.82) is 0 Å². The monoisotopic (exact) mass is 360 g/mol.